The lowest BCUT2D eigenvalue weighted by Crippen LogP contribution is -2.34. The molecule has 1 fully saturated rings. The molecule has 0 saturated carbocycles. The lowest BCUT2D eigenvalue weighted by atomic mass is 10.3. The lowest BCUT2D eigenvalue weighted by molar-refractivity contribution is 0.192. The third kappa shape index (κ3) is 3.90. The zero-order chi connectivity index (χ0) is 13.7. The van der Waals surface area contributed by atoms with E-state index in [1.165, 1.54) is 12.1 Å². The van der Waals surface area contributed by atoms with Crippen molar-refractivity contribution in [1.82, 2.24) is 4.72 Å². The molecule has 1 heterocycles. The predicted molar refractivity (Wildman–Crippen MR) is 68.6 cm³/mol. The Bertz CT molecular complexity index is 493. The smallest absolute Gasteiger partial charge is 0.240 e. The first-order chi connectivity index (χ1) is 9.12. The molecular weight excluding hydrogens is 270 g/mol. The number of rotatable bonds is 6. The highest BCUT2D eigenvalue weighted by Gasteiger charge is 2.23. The molecule has 1 atom stereocenters. The van der Waals surface area contributed by atoms with Crippen LogP contribution < -0.4 is 9.46 Å². The van der Waals surface area contributed by atoms with Gasteiger partial charge in [-0.25, -0.2) is 13.1 Å². The van der Waals surface area contributed by atoms with Crippen molar-refractivity contribution in [2.45, 2.75) is 17.4 Å². The topological polar surface area (TPSA) is 84.9 Å². The predicted octanol–water partition coefficient (Wildman–Crippen LogP) is 0.125. The first-order valence-corrected chi connectivity index (χ1v) is 7.54. The van der Waals surface area contributed by atoms with Crippen molar-refractivity contribution in [2.75, 3.05) is 26.4 Å². The van der Waals surface area contributed by atoms with Gasteiger partial charge in [-0.15, -0.1) is 0 Å². The number of hydrogen-bond acceptors (Lipinski definition) is 5. The average molecular weight is 287 g/mol. The maximum absolute atomic E-state index is 12.1. The molecule has 7 heteroatoms. The summed E-state index contributed by atoms with van der Waals surface area (Å²) in [4.78, 5) is 0.191. The van der Waals surface area contributed by atoms with Crippen LogP contribution in [0.3, 0.4) is 0 Å². The van der Waals surface area contributed by atoms with Gasteiger partial charge in [0.25, 0.3) is 0 Å². The third-order valence-corrected chi connectivity index (χ3v) is 4.28. The third-order valence-electron chi connectivity index (χ3n) is 2.75. The first kappa shape index (κ1) is 14.3. The van der Waals surface area contributed by atoms with Crippen LogP contribution in [-0.2, 0) is 14.8 Å². The zero-order valence-electron chi connectivity index (χ0n) is 10.4. The molecule has 1 saturated heterocycles. The van der Waals surface area contributed by atoms with E-state index < -0.39 is 10.0 Å². The van der Waals surface area contributed by atoms with E-state index in [-0.39, 0.29) is 24.2 Å². The largest absolute Gasteiger partial charge is 0.491 e. The molecule has 6 nitrogen and oxygen atoms in total. The SMILES string of the molecule is O=S(=O)(NC1CCOC1)c1ccc(OCCO)cc1. The highest BCUT2D eigenvalue weighted by molar-refractivity contribution is 7.89. The van der Waals surface area contributed by atoms with Crippen LogP contribution in [0.25, 0.3) is 0 Å². The molecule has 1 aliphatic rings. The fourth-order valence-electron chi connectivity index (χ4n) is 1.79. The summed E-state index contributed by atoms with van der Waals surface area (Å²) in [6, 6.07) is 5.93. The second-order valence-electron chi connectivity index (χ2n) is 4.23. The first-order valence-electron chi connectivity index (χ1n) is 6.05. The molecule has 2 N–H and O–H groups in total. The molecule has 0 radical (unpaired) electrons. The standard InChI is InChI=1S/C12H17NO5S/c14-6-8-18-11-1-3-12(4-2-11)19(15,16)13-10-5-7-17-9-10/h1-4,10,13-14H,5-9H2. The van der Waals surface area contributed by atoms with Crippen LogP contribution in [0.1, 0.15) is 6.42 Å². The van der Waals surface area contributed by atoms with Crippen molar-refractivity contribution in [2.24, 2.45) is 0 Å². The van der Waals surface area contributed by atoms with Crippen molar-refractivity contribution in [1.29, 1.82) is 0 Å². The van der Waals surface area contributed by atoms with Crippen LogP contribution in [0.4, 0.5) is 0 Å². The molecule has 19 heavy (non-hydrogen) atoms. The van der Waals surface area contributed by atoms with Gasteiger partial charge in [0, 0.05) is 12.6 Å². The van der Waals surface area contributed by atoms with E-state index in [9.17, 15) is 8.42 Å². The van der Waals surface area contributed by atoms with Crippen LogP contribution in [0.15, 0.2) is 29.2 Å². The summed E-state index contributed by atoms with van der Waals surface area (Å²) < 4.78 is 37.0. The monoisotopic (exact) mass is 287 g/mol. The second kappa shape index (κ2) is 6.33. The number of aliphatic hydroxyl groups excluding tert-OH is 1. The van der Waals surface area contributed by atoms with Gasteiger partial charge in [0.15, 0.2) is 0 Å². The van der Waals surface area contributed by atoms with Crippen molar-refractivity contribution >= 4 is 10.0 Å². The maximum atomic E-state index is 12.1. The van der Waals surface area contributed by atoms with E-state index in [0.29, 0.717) is 25.4 Å². The fraction of sp³-hybridized carbons (Fsp3) is 0.500. The summed E-state index contributed by atoms with van der Waals surface area (Å²) in [5, 5.41) is 8.63. The van der Waals surface area contributed by atoms with E-state index in [1.54, 1.807) is 12.1 Å². The van der Waals surface area contributed by atoms with Gasteiger partial charge in [-0.1, -0.05) is 0 Å². The molecule has 0 aromatic heterocycles. The fourth-order valence-corrected chi connectivity index (χ4v) is 3.05. The number of nitrogens with one attached hydrogen (secondary N) is 1. The van der Waals surface area contributed by atoms with Crippen LogP contribution in [0, 0.1) is 0 Å². The van der Waals surface area contributed by atoms with Gasteiger partial charge in [-0.05, 0) is 30.7 Å². The van der Waals surface area contributed by atoms with Gasteiger partial charge in [-0.3, -0.25) is 0 Å². The van der Waals surface area contributed by atoms with E-state index in [2.05, 4.69) is 4.72 Å². The Kier molecular flexibility index (Phi) is 4.76. The number of hydrogen-bond donors (Lipinski definition) is 2. The molecule has 106 valence electrons. The Balaban J connectivity index is 2.03. The molecule has 1 aromatic carbocycles. The Morgan fingerprint density at radius 1 is 1.37 bits per heavy atom. The summed E-state index contributed by atoms with van der Waals surface area (Å²) in [5.41, 5.74) is 0. The summed E-state index contributed by atoms with van der Waals surface area (Å²) in [5.74, 6) is 0.525. The van der Waals surface area contributed by atoms with Crippen LogP contribution in [0.5, 0.6) is 5.75 Å². The van der Waals surface area contributed by atoms with Gasteiger partial charge >= 0.3 is 0 Å². The number of benzene rings is 1. The highest BCUT2D eigenvalue weighted by atomic mass is 32.2. The Morgan fingerprint density at radius 2 is 2.11 bits per heavy atom. The van der Waals surface area contributed by atoms with Gasteiger partial charge in [0.05, 0.1) is 18.1 Å². The van der Waals surface area contributed by atoms with Crippen LogP contribution in [-0.4, -0.2) is 46.0 Å². The quantitative estimate of drug-likeness (QED) is 0.776. The zero-order valence-corrected chi connectivity index (χ0v) is 11.2. The second-order valence-corrected chi connectivity index (χ2v) is 5.94. The van der Waals surface area contributed by atoms with Crippen molar-refractivity contribution in [3.05, 3.63) is 24.3 Å². The van der Waals surface area contributed by atoms with Crippen molar-refractivity contribution < 1.29 is 23.0 Å². The van der Waals surface area contributed by atoms with Gasteiger partial charge in [0.2, 0.25) is 10.0 Å². The number of sulfonamides is 1. The van der Waals surface area contributed by atoms with Crippen LogP contribution in [0.2, 0.25) is 0 Å². The minimum atomic E-state index is -3.52. The van der Waals surface area contributed by atoms with Gasteiger partial charge < -0.3 is 14.6 Å². The van der Waals surface area contributed by atoms with Crippen molar-refractivity contribution in [3.63, 3.8) is 0 Å². The summed E-state index contributed by atoms with van der Waals surface area (Å²) in [7, 11) is -3.52. The molecule has 0 spiro atoms. The van der Waals surface area contributed by atoms with Gasteiger partial charge in [-0.2, -0.15) is 0 Å². The molecule has 0 aliphatic carbocycles. The molecule has 1 aromatic rings. The van der Waals surface area contributed by atoms with E-state index in [0.717, 1.165) is 0 Å². The molecule has 0 amide bonds. The Morgan fingerprint density at radius 3 is 2.68 bits per heavy atom. The number of ether oxygens (including phenoxy) is 2. The average Bonchev–Trinajstić information content (AvgIpc) is 2.89. The minimum absolute atomic E-state index is 0.0801. The molecule has 1 unspecified atom stereocenters. The minimum Gasteiger partial charge on any atom is -0.491 e. The molecule has 0 bridgehead atoms. The normalized spacial score (nSPS) is 19.5. The maximum Gasteiger partial charge on any atom is 0.240 e. The highest BCUT2D eigenvalue weighted by Crippen LogP contribution is 2.17. The Labute approximate surface area is 112 Å². The van der Waals surface area contributed by atoms with Gasteiger partial charge in [0.1, 0.15) is 12.4 Å². The van der Waals surface area contributed by atoms with E-state index >= 15 is 0 Å². The molecule has 1 aliphatic heterocycles. The lowest BCUT2D eigenvalue weighted by Gasteiger charge is -2.12. The Hall–Kier alpha value is -1.15. The van der Waals surface area contributed by atoms with E-state index in [4.69, 9.17) is 14.6 Å². The summed E-state index contributed by atoms with van der Waals surface area (Å²) in [6.07, 6.45) is 0.691. The number of aliphatic hydroxyl groups is 1. The van der Waals surface area contributed by atoms with E-state index in [1.807, 2.05) is 0 Å². The summed E-state index contributed by atoms with van der Waals surface area (Å²) in [6.45, 7) is 1.10. The van der Waals surface area contributed by atoms with Crippen molar-refractivity contribution in [3.8, 4) is 5.75 Å². The molecule has 2 rings (SSSR count). The summed E-state index contributed by atoms with van der Waals surface area (Å²) >= 11 is 0. The van der Waals surface area contributed by atoms with Crippen LogP contribution >= 0.6 is 0 Å². The molecular formula is C12H17NO5S.